The van der Waals surface area contributed by atoms with E-state index in [9.17, 15) is 13.2 Å². The van der Waals surface area contributed by atoms with Gasteiger partial charge in [-0.3, -0.25) is 0 Å². The zero-order valence-electron chi connectivity index (χ0n) is 14.8. The minimum Gasteiger partial charge on any atom is -0.363 e. The van der Waals surface area contributed by atoms with Crippen LogP contribution in [0.25, 0.3) is 0 Å². The summed E-state index contributed by atoms with van der Waals surface area (Å²) in [5, 5.41) is 6.90. The van der Waals surface area contributed by atoms with Gasteiger partial charge in [-0.25, -0.2) is 14.6 Å². The number of rotatable bonds is 6. The molecule has 3 aromatic rings. The molecule has 0 bridgehead atoms. The van der Waals surface area contributed by atoms with Gasteiger partial charge in [0.25, 0.3) is 0 Å². The minimum atomic E-state index is -4.53. The van der Waals surface area contributed by atoms with Crippen molar-refractivity contribution in [3.8, 4) is 0 Å². The highest BCUT2D eigenvalue weighted by molar-refractivity contribution is 5.44. The highest BCUT2D eigenvalue weighted by Crippen LogP contribution is 2.30. The summed E-state index contributed by atoms with van der Waals surface area (Å²) in [5.74, 6) is 0.114. The van der Waals surface area contributed by atoms with Gasteiger partial charge < -0.3 is 10.2 Å². The van der Waals surface area contributed by atoms with Crippen molar-refractivity contribution in [1.82, 2.24) is 24.7 Å². The summed E-state index contributed by atoms with van der Waals surface area (Å²) >= 11 is 0. The van der Waals surface area contributed by atoms with Crippen LogP contribution >= 0.6 is 0 Å². The fourth-order valence-corrected chi connectivity index (χ4v) is 2.33. The zero-order valence-corrected chi connectivity index (χ0v) is 14.8. The predicted molar refractivity (Wildman–Crippen MR) is 94.3 cm³/mol. The molecule has 27 heavy (non-hydrogen) atoms. The van der Waals surface area contributed by atoms with Crippen molar-refractivity contribution < 1.29 is 13.2 Å². The van der Waals surface area contributed by atoms with Crippen LogP contribution in [-0.2, 0) is 19.3 Å². The molecule has 10 heteroatoms. The van der Waals surface area contributed by atoms with Gasteiger partial charge in [-0.1, -0.05) is 24.3 Å². The summed E-state index contributed by atoms with van der Waals surface area (Å²) in [7, 11) is 3.25. The van der Waals surface area contributed by atoms with Gasteiger partial charge in [-0.2, -0.15) is 23.3 Å². The molecular formula is C17H18F3N7. The molecule has 1 aromatic carbocycles. The fraction of sp³-hybridized carbons (Fsp3) is 0.294. The first-order valence-corrected chi connectivity index (χ1v) is 8.09. The maximum Gasteiger partial charge on any atom is 0.433 e. The molecule has 0 aliphatic rings. The molecular weight excluding hydrogens is 359 g/mol. The number of aromatic nitrogens is 5. The van der Waals surface area contributed by atoms with Gasteiger partial charge in [0, 0.05) is 26.7 Å². The lowest BCUT2D eigenvalue weighted by Crippen LogP contribution is -2.17. The Balaban J connectivity index is 1.69. The molecule has 0 fully saturated rings. The van der Waals surface area contributed by atoms with Gasteiger partial charge in [0.15, 0.2) is 5.69 Å². The van der Waals surface area contributed by atoms with E-state index in [0.717, 1.165) is 17.2 Å². The van der Waals surface area contributed by atoms with E-state index in [1.807, 2.05) is 24.3 Å². The topological polar surface area (TPSA) is 71.8 Å². The number of halogens is 3. The van der Waals surface area contributed by atoms with Crippen LogP contribution in [0.3, 0.4) is 0 Å². The zero-order chi connectivity index (χ0) is 19.4. The van der Waals surface area contributed by atoms with E-state index in [1.54, 1.807) is 25.1 Å². The Bertz CT molecular complexity index is 875. The molecule has 0 aliphatic carbocycles. The normalized spacial score (nSPS) is 11.4. The molecule has 0 saturated carbocycles. The van der Waals surface area contributed by atoms with Gasteiger partial charge in [-0.05, 0) is 11.1 Å². The van der Waals surface area contributed by atoms with Crippen LogP contribution in [-0.4, -0.2) is 38.8 Å². The molecule has 0 spiro atoms. The van der Waals surface area contributed by atoms with Crippen molar-refractivity contribution in [2.75, 3.05) is 24.3 Å². The second-order valence-electron chi connectivity index (χ2n) is 6.09. The standard InChI is InChI=1S/C17H18F3N7/c1-26(2)15-7-14(17(18,19)20)24-16(25-15)22-8-12-3-5-13(6-4-12)9-27-11-21-10-23-27/h3-7,10-11H,8-9H2,1-2H3,(H,22,24,25). The monoisotopic (exact) mass is 377 g/mol. The number of anilines is 2. The first-order valence-electron chi connectivity index (χ1n) is 8.09. The minimum absolute atomic E-state index is 0.0692. The SMILES string of the molecule is CN(C)c1cc(C(F)(F)F)nc(NCc2ccc(Cn3cncn3)cc2)n1. The van der Waals surface area contributed by atoms with Crippen molar-refractivity contribution in [3.05, 3.63) is 59.8 Å². The Morgan fingerprint density at radius 1 is 1.07 bits per heavy atom. The van der Waals surface area contributed by atoms with E-state index >= 15 is 0 Å². The number of hydrogen-bond donors (Lipinski definition) is 1. The lowest BCUT2D eigenvalue weighted by molar-refractivity contribution is -0.141. The van der Waals surface area contributed by atoms with Crippen LogP contribution < -0.4 is 10.2 Å². The molecule has 2 aromatic heterocycles. The van der Waals surface area contributed by atoms with Gasteiger partial charge in [0.05, 0.1) is 6.54 Å². The molecule has 7 nitrogen and oxygen atoms in total. The van der Waals surface area contributed by atoms with Gasteiger partial charge in [-0.15, -0.1) is 0 Å². The molecule has 3 rings (SSSR count). The summed E-state index contributed by atoms with van der Waals surface area (Å²) in [5.41, 5.74) is 0.950. The third-order valence-electron chi connectivity index (χ3n) is 3.75. The maximum absolute atomic E-state index is 13.0. The van der Waals surface area contributed by atoms with E-state index in [4.69, 9.17) is 0 Å². The summed E-state index contributed by atoms with van der Waals surface area (Å²) < 4.78 is 40.8. The van der Waals surface area contributed by atoms with E-state index in [1.165, 1.54) is 11.2 Å². The molecule has 0 radical (unpaired) electrons. The third-order valence-corrected chi connectivity index (χ3v) is 3.75. The number of benzene rings is 1. The van der Waals surface area contributed by atoms with Crippen LogP contribution in [0.15, 0.2) is 43.0 Å². The van der Waals surface area contributed by atoms with Crippen LogP contribution in [0.2, 0.25) is 0 Å². The van der Waals surface area contributed by atoms with Crippen molar-refractivity contribution in [1.29, 1.82) is 0 Å². The molecule has 1 N–H and O–H groups in total. The average molecular weight is 377 g/mol. The van der Waals surface area contributed by atoms with Crippen molar-refractivity contribution >= 4 is 11.8 Å². The molecule has 0 saturated heterocycles. The van der Waals surface area contributed by atoms with Gasteiger partial charge in [0.1, 0.15) is 18.5 Å². The van der Waals surface area contributed by atoms with Gasteiger partial charge in [0.2, 0.25) is 5.95 Å². The first kappa shape index (κ1) is 18.6. The second kappa shape index (κ2) is 7.60. The van der Waals surface area contributed by atoms with E-state index in [2.05, 4.69) is 25.4 Å². The van der Waals surface area contributed by atoms with E-state index < -0.39 is 11.9 Å². The lowest BCUT2D eigenvalue weighted by atomic mass is 10.1. The van der Waals surface area contributed by atoms with Crippen LogP contribution in [0.4, 0.5) is 24.9 Å². The Morgan fingerprint density at radius 3 is 2.37 bits per heavy atom. The van der Waals surface area contributed by atoms with Crippen LogP contribution in [0.1, 0.15) is 16.8 Å². The lowest BCUT2D eigenvalue weighted by Gasteiger charge is -2.16. The number of nitrogens with one attached hydrogen (secondary N) is 1. The van der Waals surface area contributed by atoms with Crippen molar-refractivity contribution in [3.63, 3.8) is 0 Å². The summed E-state index contributed by atoms with van der Waals surface area (Å²) in [6.07, 6.45) is -1.44. The van der Waals surface area contributed by atoms with Crippen molar-refractivity contribution in [2.24, 2.45) is 0 Å². The Labute approximate surface area is 153 Å². The molecule has 0 unspecified atom stereocenters. The molecule has 0 atom stereocenters. The maximum atomic E-state index is 13.0. The van der Waals surface area contributed by atoms with E-state index in [0.29, 0.717) is 13.1 Å². The van der Waals surface area contributed by atoms with Gasteiger partial charge >= 0.3 is 6.18 Å². The largest absolute Gasteiger partial charge is 0.433 e. The number of hydrogen-bond acceptors (Lipinski definition) is 6. The molecule has 142 valence electrons. The number of nitrogens with zero attached hydrogens (tertiary/aromatic N) is 6. The Kier molecular flexibility index (Phi) is 5.24. The molecule has 0 amide bonds. The Morgan fingerprint density at radius 2 is 1.78 bits per heavy atom. The quantitative estimate of drug-likeness (QED) is 0.712. The summed E-state index contributed by atoms with van der Waals surface area (Å²) in [6, 6.07) is 8.55. The average Bonchev–Trinajstić information content (AvgIpc) is 3.13. The second-order valence-corrected chi connectivity index (χ2v) is 6.09. The predicted octanol–water partition coefficient (Wildman–Crippen LogP) is 2.81. The van der Waals surface area contributed by atoms with Crippen molar-refractivity contribution in [2.45, 2.75) is 19.3 Å². The Hall–Kier alpha value is -3.17. The number of alkyl halides is 3. The van der Waals surface area contributed by atoms with Crippen LogP contribution in [0.5, 0.6) is 0 Å². The first-order chi connectivity index (χ1) is 12.8. The third kappa shape index (κ3) is 4.93. The highest BCUT2D eigenvalue weighted by atomic mass is 19.4. The van der Waals surface area contributed by atoms with Crippen LogP contribution in [0, 0.1) is 0 Å². The molecule has 0 aliphatic heterocycles. The highest BCUT2D eigenvalue weighted by Gasteiger charge is 2.34. The fourth-order valence-electron chi connectivity index (χ4n) is 2.33. The summed E-state index contributed by atoms with van der Waals surface area (Å²) in [6.45, 7) is 0.897. The summed E-state index contributed by atoms with van der Waals surface area (Å²) in [4.78, 5) is 13.1. The molecule has 2 heterocycles. The smallest absolute Gasteiger partial charge is 0.363 e. The van der Waals surface area contributed by atoms with E-state index in [-0.39, 0.29) is 11.8 Å².